The Hall–Kier alpha value is -2.53. The van der Waals surface area contributed by atoms with Crippen LogP contribution in [0.1, 0.15) is 33.1 Å². The number of ketones is 1. The first-order valence-corrected chi connectivity index (χ1v) is 7.50. The van der Waals surface area contributed by atoms with E-state index in [0.717, 1.165) is 6.92 Å². The normalized spacial score (nSPS) is 15.4. The second-order valence-electron chi connectivity index (χ2n) is 5.60. The summed E-state index contributed by atoms with van der Waals surface area (Å²) in [5.74, 6) is -4.28. The monoisotopic (exact) mass is 360 g/mol. The molecule has 0 aliphatic carbocycles. The van der Waals surface area contributed by atoms with E-state index in [1.54, 1.807) is 0 Å². The van der Waals surface area contributed by atoms with Crippen LogP contribution in [0, 0.1) is 0 Å². The van der Waals surface area contributed by atoms with Gasteiger partial charge in [-0.25, -0.2) is 0 Å². The standard InChI is InChI=1S/C14H24N4O7/c1-6(19)9(5-10(15)21)18-13(24)8(3-4-11(22)23)17-14(25)12(16)7(2)20/h7-9,12,20H,3-5,16H2,1-2H3,(H2,15,21)(H,17,25)(H,18,24)(H,22,23)/t7-,8-,9-,12?/m1/s1. The summed E-state index contributed by atoms with van der Waals surface area (Å²) in [6.07, 6.45) is -2.35. The molecule has 11 nitrogen and oxygen atoms in total. The number of rotatable bonds is 11. The van der Waals surface area contributed by atoms with Gasteiger partial charge in [-0.15, -0.1) is 0 Å². The van der Waals surface area contributed by atoms with Gasteiger partial charge in [0.05, 0.1) is 18.6 Å². The van der Waals surface area contributed by atoms with Crippen LogP contribution in [0.4, 0.5) is 0 Å². The lowest BCUT2D eigenvalue weighted by atomic mass is 10.1. The van der Waals surface area contributed by atoms with E-state index in [9.17, 15) is 29.1 Å². The number of carbonyl (C=O) groups is 5. The molecule has 4 atom stereocenters. The number of aliphatic hydroxyl groups excluding tert-OH is 1. The van der Waals surface area contributed by atoms with E-state index in [2.05, 4.69) is 10.6 Å². The zero-order chi connectivity index (χ0) is 19.7. The van der Waals surface area contributed by atoms with E-state index in [4.69, 9.17) is 16.6 Å². The summed E-state index contributed by atoms with van der Waals surface area (Å²) < 4.78 is 0. The molecule has 0 rings (SSSR count). The van der Waals surface area contributed by atoms with E-state index in [1.807, 2.05) is 0 Å². The molecule has 0 aromatic carbocycles. The highest BCUT2D eigenvalue weighted by atomic mass is 16.4. The van der Waals surface area contributed by atoms with Crippen molar-refractivity contribution in [2.75, 3.05) is 0 Å². The van der Waals surface area contributed by atoms with Gasteiger partial charge in [-0.05, 0) is 20.3 Å². The molecule has 25 heavy (non-hydrogen) atoms. The van der Waals surface area contributed by atoms with Gasteiger partial charge in [0.15, 0.2) is 5.78 Å². The van der Waals surface area contributed by atoms with Crippen molar-refractivity contribution in [3.05, 3.63) is 0 Å². The fraction of sp³-hybridized carbons (Fsp3) is 0.643. The van der Waals surface area contributed by atoms with Gasteiger partial charge in [0, 0.05) is 6.42 Å². The van der Waals surface area contributed by atoms with Crippen molar-refractivity contribution in [3.63, 3.8) is 0 Å². The van der Waals surface area contributed by atoms with Crippen molar-refractivity contribution in [1.29, 1.82) is 0 Å². The second kappa shape index (κ2) is 10.4. The quantitative estimate of drug-likeness (QED) is 0.223. The van der Waals surface area contributed by atoms with Gasteiger partial charge in [0.25, 0.3) is 0 Å². The highest BCUT2D eigenvalue weighted by Crippen LogP contribution is 2.02. The molecule has 0 saturated carbocycles. The summed E-state index contributed by atoms with van der Waals surface area (Å²) in [7, 11) is 0. The number of aliphatic carboxylic acids is 1. The molecular weight excluding hydrogens is 336 g/mol. The third-order valence-electron chi connectivity index (χ3n) is 3.31. The van der Waals surface area contributed by atoms with Crippen LogP contribution in [0.2, 0.25) is 0 Å². The Bertz CT molecular complexity index is 535. The molecule has 0 heterocycles. The Morgan fingerprint density at radius 2 is 1.56 bits per heavy atom. The van der Waals surface area contributed by atoms with Crippen LogP contribution in [-0.2, 0) is 24.0 Å². The molecule has 0 spiro atoms. The minimum Gasteiger partial charge on any atom is -0.481 e. The number of nitrogens with one attached hydrogen (secondary N) is 2. The maximum atomic E-state index is 12.3. The number of amides is 3. The van der Waals surface area contributed by atoms with Crippen LogP contribution in [0.5, 0.6) is 0 Å². The largest absolute Gasteiger partial charge is 0.481 e. The fourth-order valence-corrected chi connectivity index (χ4v) is 1.79. The van der Waals surface area contributed by atoms with E-state index in [1.165, 1.54) is 6.92 Å². The van der Waals surface area contributed by atoms with Gasteiger partial charge in [-0.1, -0.05) is 0 Å². The Labute approximate surface area is 144 Å². The number of carbonyl (C=O) groups excluding carboxylic acids is 4. The third-order valence-corrected chi connectivity index (χ3v) is 3.31. The van der Waals surface area contributed by atoms with Crippen LogP contribution in [0.3, 0.4) is 0 Å². The molecule has 0 fully saturated rings. The molecule has 0 saturated heterocycles. The van der Waals surface area contributed by atoms with Gasteiger partial charge in [-0.2, -0.15) is 0 Å². The molecule has 0 aliphatic rings. The number of hydrogen-bond donors (Lipinski definition) is 6. The van der Waals surface area contributed by atoms with E-state index < -0.39 is 66.5 Å². The predicted octanol–water partition coefficient (Wildman–Crippen LogP) is -3.01. The van der Waals surface area contributed by atoms with Gasteiger partial charge in [0.1, 0.15) is 12.1 Å². The van der Waals surface area contributed by atoms with Gasteiger partial charge < -0.3 is 32.3 Å². The number of carboxylic acid groups (broad SMARTS) is 1. The third kappa shape index (κ3) is 8.77. The number of carboxylic acids is 1. The lowest BCUT2D eigenvalue weighted by Crippen LogP contribution is -2.56. The van der Waals surface area contributed by atoms with Crippen molar-refractivity contribution >= 4 is 29.5 Å². The minimum atomic E-state index is -1.32. The molecule has 1 unspecified atom stereocenters. The molecule has 0 aromatic rings. The average Bonchev–Trinajstić information content (AvgIpc) is 2.48. The van der Waals surface area contributed by atoms with Crippen LogP contribution in [0.15, 0.2) is 0 Å². The number of hydrogen-bond acceptors (Lipinski definition) is 7. The molecule has 0 bridgehead atoms. The molecule has 11 heteroatoms. The maximum Gasteiger partial charge on any atom is 0.303 e. The first-order chi connectivity index (χ1) is 11.5. The van der Waals surface area contributed by atoms with Gasteiger partial charge in [0.2, 0.25) is 17.7 Å². The smallest absolute Gasteiger partial charge is 0.303 e. The zero-order valence-corrected chi connectivity index (χ0v) is 14.0. The second-order valence-corrected chi connectivity index (χ2v) is 5.60. The zero-order valence-electron chi connectivity index (χ0n) is 14.0. The van der Waals surface area contributed by atoms with Crippen molar-refractivity contribution in [3.8, 4) is 0 Å². The summed E-state index contributed by atoms with van der Waals surface area (Å²) in [6, 6.07) is -3.84. The summed E-state index contributed by atoms with van der Waals surface area (Å²) in [4.78, 5) is 57.3. The molecule has 3 amide bonds. The first-order valence-electron chi connectivity index (χ1n) is 7.50. The summed E-state index contributed by atoms with van der Waals surface area (Å²) >= 11 is 0. The fourth-order valence-electron chi connectivity index (χ4n) is 1.79. The SMILES string of the molecule is CC(=O)[C@@H](CC(N)=O)NC(=O)[C@@H](CCC(=O)O)NC(=O)C(N)[C@@H](C)O. The Kier molecular flexibility index (Phi) is 9.31. The topological polar surface area (TPSA) is 202 Å². The molecule has 0 aromatic heterocycles. The lowest BCUT2D eigenvalue weighted by Gasteiger charge is -2.23. The minimum absolute atomic E-state index is 0.277. The summed E-state index contributed by atoms with van der Waals surface area (Å²) in [5, 5.41) is 22.5. The maximum absolute atomic E-state index is 12.3. The first kappa shape index (κ1) is 22.5. The Balaban J connectivity index is 5.13. The molecule has 142 valence electrons. The highest BCUT2D eigenvalue weighted by Gasteiger charge is 2.29. The van der Waals surface area contributed by atoms with Crippen molar-refractivity contribution in [2.24, 2.45) is 11.5 Å². The van der Waals surface area contributed by atoms with E-state index in [0.29, 0.717) is 0 Å². The summed E-state index contributed by atoms with van der Waals surface area (Å²) in [5.41, 5.74) is 10.5. The summed E-state index contributed by atoms with van der Waals surface area (Å²) in [6.45, 7) is 2.41. The highest BCUT2D eigenvalue weighted by molar-refractivity contribution is 5.95. The molecule has 8 N–H and O–H groups in total. The van der Waals surface area contributed by atoms with Crippen LogP contribution in [-0.4, -0.2) is 63.9 Å². The van der Waals surface area contributed by atoms with E-state index in [-0.39, 0.29) is 6.42 Å². The molecular formula is C14H24N4O7. The van der Waals surface area contributed by atoms with E-state index >= 15 is 0 Å². The van der Waals surface area contributed by atoms with Crippen molar-refractivity contribution in [1.82, 2.24) is 10.6 Å². The van der Waals surface area contributed by atoms with Crippen molar-refractivity contribution < 1.29 is 34.2 Å². The van der Waals surface area contributed by atoms with Gasteiger partial charge in [-0.3, -0.25) is 24.0 Å². The average molecular weight is 360 g/mol. The van der Waals surface area contributed by atoms with Crippen LogP contribution < -0.4 is 22.1 Å². The number of Topliss-reactive ketones (excluding diaryl/α,β-unsaturated/α-hetero) is 1. The number of aliphatic hydroxyl groups is 1. The predicted molar refractivity (Wildman–Crippen MR) is 84.9 cm³/mol. The lowest BCUT2D eigenvalue weighted by molar-refractivity contribution is -0.138. The number of primary amides is 1. The molecule has 0 aliphatic heterocycles. The Morgan fingerprint density at radius 1 is 1.04 bits per heavy atom. The Morgan fingerprint density at radius 3 is 1.96 bits per heavy atom. The van der Waals surface area contributed by atoms with Crippen LogP contribution >= 0.6 is 0 Å². The molecule has 0 radical (unpaired) electrons. The van der Waals surface area contributed by atoms with Crippen LogP contribution in [0.25, 0.3) is 0 Å². The van der Waals surface area contributed by atoms with Crippen molar-refractivity contribution in [2.45, 2.75) is 57.3 Å². The number of nitrogens with two attached hydrogens (primary N) is 2. The van der Waals surface area contributed by atoms with Gasteiger partial charge >= 0.3 is 5.97 Å².